The van der Waals surface area contributed by atoms with Gasteiger partial charge in [0, 0.05) is 12.8 Å². The van der Waals surface area contributed by atoms with Gasteiger partial charge in [-0.3, -0.25) is 0 Å². The van der Waals surface area contributed by atoms with Crippen molar-refractivity contribution < 1.29 is 13.5 Å². The van der Waals surface area contributed by atoms with Gasteiger partial charge in [0.1, 0.15) is 0 Å². The van der Waals surface area contributed by atoms with E-state index in [2.05, 4.69) is 11.6 Å². The third-order valence-electron chi connectivity index (χ3n) is 1.71. The lowest BCUT2D eigenvalue weighted by molar-refractivity contribution is 0.270. The summed E-state index contributed by atoms with van der Waals surface area (Å²) in [5.74, 6) is 0. The van der Waals surface area contributed by atoms with E-state index in [0.717, 1.165) is 6.26 Å². The van der Waals surface area contributed by atoms with Gasteiger partial charge in [0.2, 0.25) is 15.0 Å². The fraction of sp³-hybridized carbons (Fsp3) is 0.375. The third-order valence-corrected chi connectivity index (χ3v) is 2.70. The molecule has 0 bridgehead atoms. The normalized spacial score (nSPS) is 11.6. The minimum Gasteiger partial charge on any atom is -0.390 e. The summed E-state index contributed by atoms with van der Waals surface area (Å²) in [6, 6.07) is 0. The Morgan fingerprint density at radius 3 is 2.79 bits per heavy atom. The first-order valence-electron chi connectivity index (χ1n) is 3.97. The third kappa shape index (κ3) is 2.02. The average molecular weight is 216 g/mol. The van der Waals surface area contributed by atoms with Gasteiger partial charge in [0.15, 0.2) is 0 Å². The van der Waals surface area contributed by atoms with Crippen LogP contribution in [0.25, 0.3) is 0 Å². The number of hydrogen-bond donors (Lipinski definition) is 1. The maximum Gasteiger partial charge on any atom is 0.227 e. The number of hydrogen-bond acceptors (Lipinski definition) is 4. The van der Waals surface area contributed by atoms with Gasteiger partial charge in [-0.05, 0) is 0 Å². The fourth-order valence-corrected chi connectivity index (χ4v) is 1.97. The molecule has 0 aliphatic rings. The summed E-state index contributed by atoms with van der Waals surface area (Å²) >= 11 is 0. The van der Waals surface area contributed by atoms with Gasteiger partial charge >= 0.3 is 0 Å². The molecule has 6 heteroatoms. The minimum atomic E-state index is -3.35. The van der Waals surface area contributed by atoms with Crippen molar-refractivity contribution >= 4 is 9.84 Å². The Balaban J connectivity index is 3.31. The largest absolute Gasteiger partial charge is 0.390 e. The molecule has 1 aromatic rings. The van der Waals surface area contributed by atoms with Crippen molar-refractivity contribution in [2.24, 2.45) is 0 Å². The Morgan fingerprint density at radius 2 is 2.36 bits per heavy atom. The van der Waals surface area contributed by atoms with Crippen LogP contribution >= 0.6 is 0 Å². The number of aromatic nitrogens is 2. The SMILES string of the molecule is C=CCn1c(CO)cnc1S(C)(=O)=O. The van der Waals surface area contributed by atoms with Crippen LogP contribution in [0.15, 0.2) is 24.0 Å². The molecule has 0 atom stereocenters. The lowest BCUT2D eigenvalue weighted by Crippen LogP contribution is -2.10. The smallest absolute Gasteiger partial charge is 0.227 e. The minimum absolute atomic E-state index is 0.0403. The highest BCUT2D eigenvalue weighted by molar-refractivity contribution is 7.90. The molecule has 0 aliphatic carbocycles. The van der Waals surface area contributed by atoms with E-state index < -0.39 is 9.84 Å². The monoisotopic (exact) mass is 216 g/mol. The van der Waals surface area contributed by atoms with Crippen molar-refractivity contribution in [1.29, 1.82) is 0 Å². The predicted molar refractivity (Wildman–Crippen MR) is 51.5 cm³/mol. The van der Waals surface area contributed by atoms with Gasteiger partial charge in [-0.1, -0.05) is 6.08 Å². The summed E-state index contributed by atoms with van der Waals surface area (Å²) < 4.78 is 23.9. The Labute approximate surface area is 82.6 Å². The van der Waals surface area contributed by atoms with E-state index in [1.54, 1.807) is 6.08 Å². The maximum absolute atomic E-state index is 11.3. The van der Waals surface area contributed by atoms with Crippen LogP contribution in [0, 0.1) is 0 Å². The van der Waals surface area contributed by atoms with Gasteiger partial charge in [0.05, 0.1) is 18.5 Å². The zero-order valence-electron chi connectivity index (χ0n) is 7.84. The lowest BCUT2D eigenvalue weighted by Gasteiger charge is -2.05. The van der Waals surface area contributed by atoms with Gasteiger partial charge in [-0.25, -0.2) is 13.4 Å². The molecular formula is C8H12N2O3S. The molecule has 0 radical (unpaired) electrons. The van der Waals surface area contributed by atoms with Crippen LogP contribution < -0.4 is 0 Å². The molecular weight excluding hydrogens is 204 g/mol. The highest BCUT2D eigenvalue weighted by Crippen LogP contribution is 2.11. The zero-order chi connectivity index (χ0) is 10.8. The van der Waals surface area contributed by atoms with E-state index in [9.17, 15) is 8.42 Å². The number of imidazole rings is 1. The predicted octanol–water partition coefficient (Wildman–Crippen LogP) is -0.0351. The quantitative estimate of drug-likeness (QED) is 0.717. The first kappa shape index (κ1) is 10.9. The molecule has 78 valence electrons. The van der Waals surface area contributed by atoms with Gasteiger partial charge in [-0.2, -0.15) is 0 Å². The summed E-state index contributed by atoms with van der Waals surface area (Å²) in [6.45, 7) is 3.59. The van der Waals surface area contributed by atoms with Crippen LogP contribution in [0.5, 0.6) is 0 Å². The molecule has 0 amide bonds. The summed E-state index contributed by atoms with van der Waals surface area (Å²) in [5.41, 5.74) is 0.463. The highest BCUT2D eigenvalue weighted by atomic mass is 32.2. The molecule has 14 heavy (non-hydrogen) atoms. The fourth-order valence-electron chi connectivity index (χ4n) is 1.14. The van der Waals surface area contributed by atoms with Crippen molar-refractivity contribution in [2.45, 2.75) is 18.3 Å². The summed E-state index contributed by atoms with van der Waals surface area (Å²) in [7, 11) is -3.35. The van der Waals surface area contributed by atoms with E-state index in [4.69, 9.17) is 5.11 Å². The van der Waals surface area contributed by atoms with E-state index in [1.807, 2.05) is 0 Å². The highest BCUT2D eigenvalue weighted by Gasteiger charge is 2.17. The van der Waals surface area contributed by atoms with Gasteiger partial charge in [-0.15, -0.1) is 6.58 Å². The zero-order valence-corrected chi connectivity index (χ0v) is 8.66. The van der Waals surface area contributed by atoms with Crippen LogP contribution in [0.3, 0.4) is 0 Å². The molecule has 0 spiro atoms. The molecule has 0 unspecified atom stereocenters. The molecule has 1 aromatic heterocycles. The molecule has 1 N–H and O–H groups in total. The number of sulfone groups is 1. The van der Waals surface area contributed by atoms with Crippen LogP contribution in [0.2, 0.25) is 0 Å². The Bertz CT molecular complexity index is 433. The molecule has 0 saturated carbocycles. The second kappa shape index (κ2) is 3.93. The summed E-state index contributed by atoms with van der Waals surface area (Å²) in [6.07, 6.45) is 3.98. The average Bonchev–Trinajstić information content (AvgIpc) is 2.47. The van der Waals surface area contributed by atoms with Crippen LogP contribution in [-0.4, -0.2) is 29.3 Å². The Morgan fingerprint density at radius 1 is 1.71 bits per heavy atom. The standard InChI is InChI=1S/C8H12N2O3S/c1-3-4-10-7(6-11)5-9-8(10)14(2,12)13/h3,5,11H,1,4,6H2,2H3. The number of nitrogens with zero attached hydrogens (tertiary/aromatic N) is 2. The van der Waals surface area contributed by atoms with Crippen molar-refractivity contribution in [3.8, 4) is 0 Å². The van der Waals surface area contributed by atoms with E-state index in [1.165, 1.54) is 10.8 Å². The number of aliphatic hydroxyl groups is 1. The van der Waals surface area contributed by atoms with Gasteiger partial charge in [0.25, 0.3) is 0 Å². The van der Waals surface area contributed by atoms with Crippen molar-refractivity contribution in [3.05, 3.63) is 24.5 Å². The van der Waals surface area contributed by atoms with Crippen molar-refractivity contribution in [1.82, 2.24) is 9.55 Å². The molecule has 0 fully saturated rings. The molecule has 5 nitrogen and oxygen atoms in total. The second-order valence-corrected chi connectivity index (χ2v) is 4.77. The van der Waals surface area contributed by atoms with E-state index in [0.29, 0.717) is 12.2 Å². The van der Waals surface area contributed by atoms with Crippen molar-refractivity contribution in [2.75, 3.05) is 6.26 Å². The first-order chi connectivity index (χ1) is 6.50. The number of rotatable bonds is 4. The Hall–Kier alpha value is -1.14. The van der Waals surface area contributed by atoms with Crippen LogP contribution in [0.1, 0.15) is 5.69 Å². The number of allylic oxidation sites excluding steroid dienone is 1. The van der Waals surface area contributed by atoms with E-state index >= 15 is 0 Å². The first-order valence-corrected chi connectivity index (χ1v) is 5.86. The van der Waals surface area contributed by atoms with Crippen LogP contribution in [-0.2, 0) is 23.0 Å². The molecule has 1 rings (SSSR count). The van der Waals surface area contributed by atoms with Gasteiger partial charge < -0.3 is 9.67 Å². The summed E-state index contributed by atoms with van der Waals surface area (Å²) in [5, 5.41) is 8.89. The Kier molecular flexibility index (Phi) is 3.07. The van der Waals surface area contributed by atoms with E-state index in [-0.39, 0.29) is 11.8 Å². The second-order valence-electron chi connectivity index (χ2n) is 2.86. The van der Waals surface area contributed by atoms with Crippen molar-refractivity contribution in [3.63, 3.8) is 0 Å². The number of aliphatic hydroxyl groups excluding tert-OH is 1. The van der Waals surface area contributed by atoms with Crippen LogP contribution in [0.4, 0.5) is 0 Å². The molecule has 0 aliphatic heterocycles. The molecule has 1 heterocycles. The molecule has 0 aromatic carbocycles. The maximum atomic E-state index is 11.3. The lowest BCUT2D eigenvalue weighted by atomic mass is 10.5. The summed E-state index contributed by atoms with van der Waals surface area (Å²) in [4.78, 5) is 3.74. The topological polar surface area (TPSA) is 72.2 Å². The molecule has 0 saturated heterocycles.